The number of sulfonamides is 1. The van der Waals surface area contributed by atoms with Crippen LogP contribution in [-0.2, 0) is 22.9 Å². The fraction of sp³-hybridized carbons (Fsp3) is 0.389. The predicted octanol–water partition coefficient (Wildman–Crippen LogP) is 3.51. The minimum absolute atomic E-state index is 0.164. The first kappa shape index (κ1) is 18.7. The van der Waals surface area contributed by atoms with Gasteiger partial charge in [-0.05, 0) is 48.9 Å². The molecule has 8 heteroatoms. The molecule has 1 aromatic carbocycles. The SMILES string of the molecule is COc1cc(NC(=O)c2cc3c(s2)CCC(C)C3)ccc1NS(C)(=O)=O. The van der Waals surface area contributed by atoms with Crippen LogP contribution in [0.3, 0.4) is 0 Å². The molecule has 1 atom stereocenters. The van der Waals surface area contributed by atoms with Gasteiger partial charge in [-0.1, -0.05) is 6.92 Å². The minimum Gasteiger partial charge on any atom is -0.494 e. The molecule has 0 bridgehead atoms. The second kappa shape index (κ2) is 7.28. The highest BCUT2D eigenvalue weighted by Gasteiger charge is 2.21. The van der Waals surface area contributed by atoms with Gasteiger partial charge in [-0.25, -0.2) is 8.42 Å². The number of nitrogens with one attached hydrogen (secondary N) is 2. The van der Waals surface area contributed by atoms with E-state index >= 15 is 0 Å². The Bertz CT molecular complexity index is 935. The molecular formula is C18H22N2O4S2. The summed E-state index contributed by atoms with van der Waals surface area (Å²) in [5.41, 5.74) is 2.16. The van der Waals surface area contributed by atoms with Gasteiger partial charge in [-0.3, -0.25) is 9.52 Å². The van der Waals surface area contributed by atoms with Crippen molar-refractivity contribution in [1.82, 2.24) is 0 Å². The molecule has 1 amide bonds. The zero-order valence-corrected chi connectivity index (χ0v) is 16.6. The van der Waals surface area contributed by atoms with E-state index in [-0.39, 0.29) is 5.91 Å². The lowest BCUT2D eigenvalue weighted by molar-refractivity contribution is 0.103. The maximum Gasteiger partial charge on any atom is 0.265 e. The second-order valence-electron chi connectivity index (χ2n) is 6.65. The summed E-state index contributed by atoms with van der Waals surface area (Å²) in [6, 6.07) is 6.79. The third kappa shape index (κ3) is 4.37. The highest BCUT2D eigenvalue weighted by Crippen LogP contribution is 2.33. The number of ether oxygens (including phenoxy) is 1. The molecule has 1 unspecified atom stereocenters. The van der Waals surface area contributed by atoms with Crippen molar-refractivity contribution in [3.8, 4) is 5.75 Å². The lowest BCUT2D eigenvalue weighted by Gasteiger charge is -2.16. The van der Waals surface area contributed by atoms with Crippen molar-refractivity contribution in [3.63, 3.8) is 0 Å². The molecule has 2 N–H and O–H groups in total. The van der Waals surface area contributed by atoms with Gasteiger partial charge in [0, 0.05) is 16.6 Å². The fourth-order valence-corrected chi connectivity index (χ4v) is 4.74. The summed E-state index contributed by atoms with van der Waals surface area (Å²) in [6.45, 7) is 2.23. The molecule has 0 saturated carbocycles. The molecule has 3 rings (SSSR count). The van der Waals surface area contributed by atoms with Gasteiger partial charge >= 0.3 is 0 Å². The molecule has 1 aliphatic carbocycles. The standard InChI is InChI=1S/C18H22N2O4S2/c1-11-4-7-16-12(8-11)9-17(25-16)18(21)19-13-5-6-14(15(10-13)24-2)20-26(3,22)23/h5-6,9-11,20H,4,7-8H2,1-3H3,(H,19,21). The Morgan fingerprint density at radius 1 is 1.31 bits per heavy atom. The number of rotatable bonds is 5. The molecule has 140 valence electrons. The smallest absolute Gasteiger partial charge is 0.265 e. The van der Waals surface area contributed by atoms with Gasteiger partial charge < -0.3 is 10.1 Å². The van der Waals surface area contributed by atoms with Crippen LogP contribution in [0.15, 0.2) is 24.3 Å². The number of amides is 1. The third-order valence-corrected chi connectivity index (χ3v) is 6.13. The summed E-state index contributed by atoms with van der Waals surface area (Å²) < 4.78 is 30.4. The number of carbonyl (C=O) groups excluding carboxylic acids is 1. The van der Waals surface area contributed by atoms with Crippen LogP contribution >= 0.6 is 11.3 Å². The van der Waals surface area contributed by atoms with Crippen LogP contribution in [0.1, 0.15) is 33.5 Å². The molecular weight excluding hydrogens is 372 g/mol. The van der Waals surface area contributed by atoms with Crippen LogP contribution < -0.4 is 14.8 Å². The number of aryl methyl sites for hydroxylation is 1. The zero-order valence-electron chi connectivity index (χ0n) is 15.0. The average Bonchev–Trinajstić information content (AvgIpc) is 2.98. The predicted molar refractivity (Wildman–Crippen MR) is 105 cm³/mol. The van der Waals surface area contributed by atoms with E-state index in [0.717, 1.165) is 19.1 Å². The quantitative estimate of drug-likeness (QED) is 0.813. The second-order valence-corrected chi connectivity index (χ2v) is 9.54. The van der Waals surface area contributed by atoms with Crippen LogP contribution in [0.4, 0.5) is 11.4 Å². The Kier molecular flexibility index (Phi) is 5.24. The van der Waals surface area contributed by atoms with E-state index in [2.05, 4.69) is 17.0 Å². The van der Waals surface area contributed by atoms with Crippen LogP contribution in [-0.4, -0.2) is 27.7 Å². The van der Waals surface area contributed by atoms with Gasteiger partial charge in [0.15, 0.2) is 0 Å². The molecule has 0 saturated heterocycles. The van der Waals surface area contributed by atoms with E-state index in [9.17, 15) is 13.2 Å². The van der Waals surface area contributed by atoms with Gasteiger partial charge in [-0.2, -0.15) is 0 Å². The van der Waals surface area contributed by atoms with Crippen LogP contribution in [0.25, 0.3) is 0 Å². The van der Waals surface area contributed by atoms with E-state index in [1.165, 1.54) is 24.0 Å². The number of anilines is 2. The molecule has 0 aliphatic heterocycles. The molecule has 0 spiro atoms. The van der Waals surface area contributed by atoms with Gasteiger partial charge in [-0.15, -0.1) is 11.3 Å². The molecule has 26 heavy (non-hydrogen) atoms. The van der Waals surface area contributed by atoms with E-state index < -0.39 is 10.0 Å². The zero-order chi connectivity index (χ0) is 18.9. The highest BCUT2D eigenvalue weighted by atomic mass is 32.2. The number of hydrogen-bond donors (Lipinski definition) is 2. The molecule has 6 nitrogen and oxygen atoms in total. The number of methoxy groups -OCH3 is 1. The first-order valence-electron chi connectivity index (χ1n) is 8.34. The summed E-state index contributed by atoms with van der Waals surface area (Å²) in [5.74, 6) is 0.836. The monoisotopic (exact) mass is 394 g/mol. The maximum atomic E-state index is 12.6. The average molecular weight is 395 g/mol. The molecule has 2 aromatic rings. The van der Waals surface area contributed by atoms with Crippen LogP contribution in [0.5, 0.6) is 5.75 Å². The van der Waals surface area contributed by atoms with Crippen molar-refractivity contribution < 1.29 is 17.9 Å². The minimum atomic E-state index is -3.41. The largest absolute Gasteiger partial charge is 0.494 e. The molecule has 1 aliphatic rings. The lowest BCUT2D eigenvalue weighted by atomic mass is 9.90. The topological polar surface area (TPSA) is 84.5 Å². The van der Waals surface area contributed by atoms with Gasteiger partial charge in [0.25, 0.3) is 5.91 Å². The molecule has 1 aromatic heterocycles. The third-order valence-electron chi connectivity index (χ3n) is 4.31. The van der Waals surface area contributed by atoms with E-state index in [4.69, 9.17) is 4.74 Å². The van der Waals surface area contributed by atoms with E-state index in [1.807, 2.05) is 6.07 Å². The Hall–Kier alpha value is -2.06. The van der Waals surface area contributed by atoms with Crippen molar-refractivity contribution in [3.05, 3.63) is 39.6 Å². The first-order valence-corrected chi connectivity index (χ1v) is 11.0. The van der Waals surface area contributed by atoms with E-state index in [1.54, 1.807) is 29.5 Å². The first-order chi connectivity index (χ1) is 12.2. The van der Waals surface area contributed by atoms with Crippen molar-refractivity contribution in [2.75, 3.05) is 23.4 Å². The molecule has 0 fully saturated rings. The number of fused-ring (bicyclic) bond motifs is 1. The number of carbonyl (C=O) groups is 1. The van der Waals surface area contributed by atoms with Gasteiger partial charge in [0.1, 0.15) is 5.75 Å². The molecule has 0 radical (unpaired) electrons. The maximum absolute atomic E-state index is 12.6. The number of hydrogen-bond acceptors (Lipinski definition) is 5. The summed E-state index contributed by atoms with van der Waals surface area (Å²) in [7, 11) is -1.96. The van der Waals surface area contributed by atoms with Crippen molar-refractivity contribution in [2.45, 2.75) is 26.2 Å². The van der Waals surface area contributed by atoms with Crippen molar-refractivity contribution in [1.29, 1.82) is 0 Å². The summed E-state index contributed by atoms with van der Waals surface area (Å²) in [5, 5.41) is 2.86. The van der Waals surface area contributed by atoms with Crippen molar-refractivity contribution >= 4 is 38.6 Å². The number of thiophene rings is 1. The van der Waals surface area contributed by atoms with E-state index in [0.29, 0.717) is 27.9 Å². The summed E-state index contributed by atoms with van der Waals surface area (Å²) >= 11 is 1.55. The van der Waals surface area contributed by atoms with Gasteiger partial charge in [0.05, 0.1) is 23.9 Å². The Labute approximate surface area is 157 Å². The molecule has 1 heterocycles. The summed E-state index contributed by atoms with van der Waals surface area (Å²) in [6.07, 6.45) is 4.30. The Morgan fingerprint density at radius 2 is 2.08 bits per heavy atom. The van der Waals surface area contributed by atoms with Gasteiger partial charge in [0.2, 0.25) is 10.0 Å². The Morgan fingerprint density at radius 3 is 2.77 bits per heavy atom. The lowest BCUT2D eigenvalue weighted by Crippen LogP contribution is -2.12. The fourth-order valence-electron chi connectivity index (χ4n) is 3.06. The number of benzene rings is 1. The summed E-state index contributed by atoms with van der Waals surface area (Å²) in [4.78, 5) is 14.6. The normalized spacial score (nSPS) is 16.7. The van der Waals surface area contributed by atoms with Crippen molar-refractivity contribution in [2.24, 2.45) is 5.92 Å². The van der Waals surface area contributed by atoms with Crippen LogP contribution in [0, 0.1) is 5.92 Å². The van der Waals surface area contributed by atoms with Crippen LogP contribution in [0.2, 0.25) is 0 Å². The Balaban J connectivity index is 1.77. The highest BCUT2D eigenvalue weighted by molar-refractivity contribution is 7.92.